The van der Waals surface area contributed by atoms with Gasteiger partial charge in [0.25, 0.3) is 0 Å². The molecule has 5 nitrogen and oxygen atoms in total. The number of hydrogen-bond donors (Lipinski definition) is 3. The number of hydrogen-bond acceptors (Lipinski definition) is 3. The Morgan fingerprint density at radius 3 is 2.68 bits per heavy atom. The maximum Gasteiger partial charge on any atom is 0.191 e. The summed E-state index contributed by atoms with van der Waals surface area (Å²) >= 11 is 0. The number of para-hydroxylation sites is 1. The van der Waals surface area contributed by atoms with Gasteiger partial charge in [-0.2, -0.15) is 0 Å². The van der Waals surface area contributed by atoms with Crippen LogP contribution in [0, 0.1) is 5.41 Å². The molecule has 0 amide bonds. The van der Waals surface area contributed by atoms with E-state index >= 15 is 0 Å². The Morgan fingerprint density at radius 2 is 2.04 bits per heavy atom. The van der Waals surface area contributed by atoms with E-state index in [2.05, 4.69) is 42.5 Å². The lowest BCUT2D eigenvalue weighted by molar-refractivity contribution is 0.0694. The van der Waals surface area contributed by atoms with E-state index in [4.69, 9.17) is 4.74 Å². The first-order chi connectivity index (χ1) is 11.3. The highest BCUT2D eigenvalue weighted by Gasteiger charge is 2.34. The lowest BCUT2D eigenvalue weighted by Crippen LogP contribution is -2.45. The number of guanidine groups is 1. The summed E-state index contributed by atoms with van der Waals surface area (Å²) in [4.78, 5) is 4.66. The summed E-state index contributed by atoms with van der Waals surface area (Å²) in [6, 6.07) is 8.29. The van der Waals surface area contributed by atoms with E-state index < -0.39 is 0 Å². The van der Waals surface area contributed by atoms with Crippen LogP contribution in [0.2, 0.25) is 0 Å². The van der Waals surface area contributed by atoms with E-state index in [1.807, 2.05) is 32.0 Å². The van der Waals surface area contributed by atoms with Crippen molar-refractivity contribution >= 4 is 29.9 Å². The number of rotatable bonds is 5. The average molecular weight is 461 g/mol. The van der Waals surface area contributed by atoms with Crippen molar-refractivity contribution in [3.63, 3.8) is 0 Å². The number of benzene rings is 1. The first-order valence-corrected chi connectivity index (χ1v) is 8.70. The van der Waals surface area contributed by atoms with Gasteiger partial charge in [-0.15, -0.1) is 24.0 Å². The molecule has 1 aromatic carbocycles. The maximum absolute atomic E-state index is 9.43. The van der Waals surface area contributed by atoms with Crippen molar-refractivity contribution in [1.82, 2.24) is 10.6 Å². The highest BCUT2D eigenvalue weighted by molar-refractivity contribution is 14.0. The first kappa shape index (κ1) is 22.0. The molecular formula is C19H32IN3O2. The molecule has 1 aliphatic rings. The van der Waals surface area contributed by atoms with E-state index in [9.17, 15) is 5.11 Å². The third kappa shape index (κ3) is 6.33. The zero-order valence-corrected chi connectivity index (χ0v) is 18.3. The van der Waals surface area contributed by atoms with E-state index in [1.165, 1.54) is 0 Å². The second kappa shape index (κ2) is 9.07. The molecule has 0 bridgehead atoms. The van der Waals surface area contributed by atoms with Crippen molar-refractivity contribution in [1.29, 1.82) is 0 Å². The van der Waals surface area contributed by atoms with E-state index in [1.54, 1.807) is 0 Å². The molecule has 6 heteroatoms. The normalized spacial score (nSPS) is 19.3. The Bertz CT molecular complexity index is 588. The summed E-state index contributed by atoms with van der Waals surface area (Å²) in [6.45, 7) is 11.7. The van der Waals surface area contributed by atoms with E-state index in [0.29, 0.717) is 6.54 Å². The molecule has 1 aliphatic heterocycles. The van der Waals surface area contributed by atoms with Crippen LogP contribution in [-0.2, 0) is 0 Å². The second-order valence-corrected chi connectivity index (χ2v) is 7.82. The number of aliphatic hydroxyl groups excluding tert-OH is 1. The molecule has 25 heavy (non-hydrogen) atoms. The van der Waals surface area contributed by atoms with Gasteiger partial charge in [-0.25, -0.2) is 0 Å². The molecule has 1 atom stereocenters. The molecule has 0 spiro atoms. The van der Waals surface area contributed by atoms with Crippen molar-refractivity contribution in [3.05, 3.63) is 29.8 Å². The summed E-state index contributed by atoms with van der Waals surface area (Å²) in [6.07, 6.45) is 0.859. The highest BCUT2D eigenvalue weighted by Crippen LogP contribution is 2.39. The number of nitrogens with one attached hydrogen (secondary N) is 2. The van der Waals surface area contributed by atoms with Crippen molar-refractivity contribution in [2.75, 3.05) is 19.7 Å². The number of aliphatic imine (C=N–C) groups is 1. The predicted molar refractivity (Wildman–Crippen MR) is 114 cm³/mol. The van der Waals surface area contributed by atoms with Crippen LogP contribution in [-0.4, -0.2) is 36.4 Å². The van der Waals surface area contributed by atoms with Crippen LogP contribution in [0.5, 0.6) is 5.75 Å². The van der Waals surface area contributed by atoms with Crippen LogP contribution in [0.4, 0.5) is 0 Å². The smallest absolute Gasteiger partial charge is 0.191 e. The maximum atomic E-state index is 9.43. The van der Waals surface area contributed by atoms with Gasteiger partial charge in [-0.1, -0.05) is 32.0 Å². The van der Waals surface area contributed by atoms with E-state index in [0.717, 1.165) is 30.2 Å². The average Bonchev–Trinajstić information content (AvgIpc) is 2.52. The fourth-order valence-electron chi connectivity index (χ4n) is 2.76. The molecule has 0 aliphatic carbocycles. The monoisotopic (exact) mass is 461 g/mol. The summed E-state index contributed by atoms with van der Waals surface area (Å²) in [5.74, 6) is 1.70. The lowest BCUT2D eigenvalue weighted by atomic mass is 9.90. The van der Waals surface area contributed by atoms with Gasteiger partial charge in [0.15, 0.2) is 5.96 Å². The number of fused-ring (bicyclic) bond motifs is 1. The number of nitrogens with zero attached hydrogens (tertiary/aromatic N) is 1. The Morgan fingerprint density at radius 1 is 1.36 bits per heavy atom. The van der Waals surface area contributed by atoms with Crippen LogP contribution >= 0.6 is 24.0 Å². The summed E-state index contributed by atoms with van der Waals surface area (Å²) in [5.41, 5.74) is 0.701. The Balaban J connectivity index is 0.00000312. The quantitative estimate of drug-likeness (QED) is 0.357. The Kier molecular flexibility index (Phi) is 7.99. The largest absolute Gasteiger partial charge is 0.487 e. The van der Waals surface area contributed by atoms with Crippen LogP contribution in [0.25, 0.3) is 0 Å². The van der Waals surface area contributed by atoms with Crippen LogP contribution in [0.3, 0.4) is 0 Å². The van der Waals surface area contributed by atoms with Gasteiger partial charge >= 0.3 is 0 Å². The minimum Gasteiger partial charge on any atom is -0.487 e. The van der Waals surface area contributed by atoms with Gasteiger partial charge in [0.05, 0.1) is 12.6 Å². The van der Waals surface area contributed by atoms with Gasteiger partial charge in [-0.3, -0.25) is 4.99 Å². The Hall–Kier alpha value is -1.02. The fourth-order valence-corrected chi connectivity index (χ4v) is 2.76. The standard InChI is InChI=1S/C19H31N3O2.HI/c1-6-20-17(21-12-18(2,3)13-23)22-15-11-19(4,5)24-16-10-8-7-9-14(15)16;/h7-10,15,23H,6,11-13H2,1-5H3,(H2,20,21,22);1H. The zero-order chi connectivity index (χ0) is 17.8. The van der Waals surface area contributed by atoms with Gasteiger partial charge < -0.3 is 20.5 Å². The molecule has 0 saturated carbocycles. The van der Waals surface area contributed by atoms with Crippen molar-refractivity contribution in [2.45, 2.75) is 52.7 Å². The van der Waals surface area contributed by atoms with Crippen molar-refractivity contribution in [3.8, 4) is 5.75 Å². The minimum absolute atomic E-state index is 0. The van der Waals surface area contributed by atoms with Crippen LogP contribution < -0.4 is 15.4 Å². The molecule has 2 rings (SSSR count). The Labute approximate surface area is 168 Å². The third-order valence-corrected chi connectivity index (χ3v) is 4.12. The summed E-state index contributed by atoms with van der Waals surface area (Å²) in [5, 5.41) is 16.3. The number of ether oxygens (including phenoxy) is 1. The summed E-state index contributed by atoms with van der Waals surface area (Å²) in [7, 11) is 0. The molecule has 1 heterocycles. The zero-order valence-electron chi connectivity index (χ0n) is 15.9. The molecule has 1 unspecified atom stereocenters. The van der Waals surface area contributed by atoms with Gasteiger partial charge in [0.2, 0.25) is 0 Å². The molecular weight excluding hydrogens is 429 g/mol. The van der Waals surface area contributed by atoms with Crippen molar-refractivity contribution < 1.29 is 9.84 Å². The molecule has 1 aromatic rings. The number of halogens is 1. The second-order valence-electron chi connectivity index (χ2n) is 7.82. The fraction of sp³-hybridized carbons (Fsp3) is 0.632. The van der Waals surface area contributed by atoms with E-state index in [-0.39, 0.29) is 47.6 Å². The molecule has 0 radical (unpaired) electrons. The molecule has 0 aromatic heterocycles. The van der Waals surface area contributed by atoms with Gasteiger partial charge in [0, 0.05) is 30.6 Å². The first-order valence-electron chi connectivity index (χ1n) is 8.70. The molecule has 0 saturated heterocycles. The van der Waals surface area contributed by atoms with Crippen LogP contribution in [0.15, 0.2) is 29.3 Å². The SMILES string of the molecule is CCNC(=NCC(C)(C)CO)NC1CC(C)(C)Oc2ccccc21.I. The molecule has 3 N–H and O–H groups in total. The predicted octanol–water partition coefficient (Wildman–Crippen LogP) is 3.48. The summed E-state index contributed by atoms with van der Waals surface area (Å²) < 4.78 is 6.09. The molecule has 0 fully saturated rings. The minimum atomic E-state index is -0.228. The highest BCUT2D eigenvalue weighted by atomic mass is 127. The molecule has 142 valence electrons. The number of aliphatic hydroxyl groups is 1. The van der Waals surface area contributed by atoms with Gasteiger partial charge in [-0.05, 0) is 26.8 Å². The van der Waals surface area contributed by atoms with Crippen LogP contribution in [0.1, 0.15) is 52.6 Å². The topological polar surface area (TPSA) is 65.9 Å². The van der Waals surface area contributed by atoms with Gasteiger partial charge in [0.1, 0.15) is 11.4 Å². The van der Waals surface area contributed by atoms with Crippen molar-refractivity contribution in [2.24, 2.45) is 10.4 Å². The third-order valence-electron chi connectivity index (χ3n) is 4.12. The lowest BCUT2D eigenvalue weighted by Gasteiger charge is -2.38.